The molecule has 8 atom stereocenters. The summed E-state index contributed by atoms with van der Waals surface area (Å²) in [6.45, 7) is -1.52. The lowest BCUT2D eigenvalue weighted by Crippen LogP contribution is -2.60. The molecule has 2 heterocycles. The Kier molecular flexibility index (Phi) is 7.02. The van der Waals surface area contributed by atoms with E-state index in [-0.39, 0.29) is 23.9 Å². The number of benzene rings is 1. The van der Waals surface area contributed by atoms with Crippen molar-refractivity contribution in [2.75, 3.05) is 26.9 Å². The van der Waals surface area contributed by atoms with Crippen molar-refractivity contribution < 1.29 is 59.4 Å². The highest BCUT2D eigenvalue weighted by Gasteiger charge is 2.50. The van der Waals surface area contributed by atoms with Crippen molar-refractivity contribution >= 4 is 0 Å². The zero-order chi connectivity index (χ0) is 22.1. The summed E-state index contributed by atoms with van der Waals surface area (Å²) in [5.41, 5.74) is -1.88. The lowest BCUT2D eigenvalue weighted by atomic mass is 9.99. The van der Waals surface area contributed by atoms with E-state index in [0.717, 1.165) is 0 Å². The molecule has 3 rings (SSSR count). The first-order chi connectivity index (χ1) is 14.2. The molecule has 0 radical (unpaired) electrons. The lowest BCUT2D eigenvalue weighted by Gasteiger charge is -2.40. The Hall–Kier alpha value is -1.74. The maximum absolute atomic E-state index is 10.2. The van der Waals surface area contributed by atoms with Crippen LogP contribution in [0.3, 0.4) is 0 Å². The van der Waals surface area contributed by atoms with Crippen molar-refractivity contribution in [2.45, 2.75) is 48.7 Å². The van der Waals surface area contributed by atoms with Gasteiger partial charge in [-0.25, -0.2) is 0 Å². The average molecular weight is 434 g/mol. The molecular weight excluding hydrogens is 408 g/mol. The molecule has 2 saturated heterocycles. The Morgan fingerprint density at radius 2 is 1.73 bits per heavy atom. The Morgan fingerprint density at radius 3 is 2.37 bits per heavy atom. The van der Waals surface area contributed by atoms with Crippen LogP contribution in [0.25, 0.3) is 0 Å². The molecule has 170 valence electrons. The molecule has 0 saturated carbocycles. The van der Waals surface area contributed by atoms with Crippen LogP contribution in [0.15, 0.2) is 18.2 Å². The van der Waals surface area contributed by atoms with Gasteiger partial charge in [0.25, 0.3) is 0 Å². The molecule has 8 unspecified atom stereocenters. The largest absolute Gasteiger partial charge is 0.508 e. The maximum atomic E-state index is 10.2. The minimum Gasteiger partial charge on any atom is -0.508 e. The number of phenolic OH excluding ortho intramolecular Hbond substituents is 1. The summed E-state index contributed by atoms with van der Waals surface area (Å²) >= 11 is 0. The standard InChI is InChI=1S/C18H26O12/c1-26-9-2-8(20)3-10(4-9)29-16-14(23)13(22)12(21)11(30-16)5-27-17-15(24)18(25,6-19)7-28-17/h2-4,11-17,19-25H,5-7H2,1H3. The van der Waals surface area contributed by atoms with Crippen LogP contribution in [0.5, 0.6) is 17.2 Å². The van der Waals surface area contributed by atoms with E-state index >= 15 is 0 Å². The number of ether oxygens (including phenoxy) is 5. The molecule has 12 nitrogen and oxygen atoms in total. The third-order valence-corrected chi connectivity index (χ3v) is 5.03. The fraction of sp³-hybridized carbons (Fsp3) is 0.667. The van der Waals surface area contributed by atoms with Crippen LogP contribution in [0, 0.1) is 0 Å². The fourth-order valence-corrected chi connectivity index (χ4v) is 3.15. The van der Waals surface area contributed by atoms with Crippen LogP contribution >= 0.6 is 0 Å². The molecule has 30 heavy (non-hydrogen) atoms. The highest BCUT2D eigenvalue weighted by atomic mass is 16.7. The second kappa shape index (κ2) is 9.18. The smallest absolute Gasteiger partial charge is 0.229 e. The number of methoxy groups -OCH3 is 1. The number of aliphatic hydroxyl groups excluding tert-OH is 5. The summed E-state index contributed by atoms with van der Waals surface area (Å²) in [7, 11) is 1.38. The minimum atomic E-state index is -1.88. The minimum absolute atomic E-state index is 0.0710. The number of aromatic hydroxyl groups is 1. The third kappa shape index (κ3) is 4.61. The number of hydrogen-bond donors (Lipinski definition) is 7. The van der Waals surface area contributed by atoms with E-state index in [2.05, 4.69) is 0 Å². The fourth-order valence-electron chi connectivity index (χ4n) is 3.15. The van der Waals surface area contributed by atoms with Crippen molar-refractivity contribution in [1.29, 1.82) is 0 Å². The molecule has 0 aliphatic carbocycles. The summed E-state index contributed by atoms with van der Waals surface area (Å²) in [6, 6.07) is 3.98. The Bertz CT molecular complexity index is 716. The first kappa shape index (κ1) is 22.9. The van der Waals surface area contributed by atoms with Crippen molar-refractivity contribution in [1.82, 2.24) is 0 Å². The molecule has 2 fully saturated rings. The van der Waals surface area contributed by atoms with E-state index in [1.807, 2.05) is 0 Å². The molecule has 2 aliphatic rings. The Morgan fingerprint density at radius 1 is 1.03 bits per heavy atom. The summed E-state index contributed by atoms with van der Waals surface area (Å²) < 4.78 is 26.4. The van der Waals surface area contributed by atoms with Gasteiger partial charge in [-0.15, -0.1) is 0 Å². The quantitative estimate of drug-likeness (QED) is 0.231. The molecule has 0 aromatic heterocycles. The summed E-state index contributed by atoms with van der Waals surface area (Å²) in [4.78, 5) is 0. The van der Waals surface area contributed by atoms with E-state index in [0.29, 0.717) is 0 Å². The number of phenols is 1. The van der Waals surface area contributed by atoms with Gasteiger partial charge in [-0.1, -0.05) is 0 Å². The van der Waals surface area contributed by atoms with Gasteiger partial charge in [-0.3, -0.25) is 0 Å². The van der Waals surface area contributed by atoms with E-state index in [9.17, 15) is 30.6 Å². The molecule has 12 heteroatoms. The van der Waals surface area contributed by atoms with Crippen LogP contribution < -0.4 is 9.47 Å². The van der Waals surface area contributed by atoms with Gasteiger partial charge in [0.1, 0.15) is 53.4 Å². The molecular formula is C18H26O12. The zero-order valence-corrected chi connectivity index (χ0v) is 16.1. The normalized spacial score (nSPS) is 39.1. The first-order valence-corrected chi connectivity index (χ1v) is 9.17. The second-order valence-electron chi connectivity index (χ2n) is 7.22. The van der Waals surface area contributed by atoms with Crippen molar-refractivity contribution in [3.8, 4) is 17.2 Å². The zero-order valence-electron chi connectivity index (χ0n) is 16.1. The van der Waals surface area contributed by atoms with E-state index in [1.54, 1.807) is 0 Å². The molecule has 0 spiro atoms. The number of hydrogen-bond acceptors (Lipinski definition) is 12. The summed E-state index contributed by atoms with van der Waals surface area (Å²) in [5, 5.41) is 69.3. The van der Waals surface area contributed by atoms with Crippen molar-refractivity contribution in [3.05, 3.63) is 18.2 Å². The van der Waals surface area contributed by atoms with Gasteiger partial charge in [0.2, 0.25) is 6.29 Å². The van der Waals surface area contributed by atoms with E-state index < -0.39 is 61.9 Å². The van der Waals surface area contributed by atoms with Gasteiger partial charge in [-0.05, 0) is 0 Å². The van der Waals surface area contributed by atoms with Crippen LogP contribution in [-0.4, -0.2) is 111 Å². The van der Waals surface area contributed by atoms with Gasteiger partial charge in [0.05, 0.1) is 26.9 Å². The maximum Gasteiger partial charge on any atom is 0.229 e. The second-order valence-corrected chi connectivity index (χ2v) is 7.22. The summed E-state index contributed by atoms with van der Waals surface area (Å²) in [6.07, 6.45) is -10.3. The van der Waals surface area contributed by atoms with Crippen LogP contribution in [0.4, 0.5) is 0 Å². The summed E-state index contributed by atoms with van der Waals surface area (Å²) in [5.74, 6) is 0.181. The predicted molar refractivity (Wildman–Crippen MR) is 95.7 cm³/mol. The monoisotopic (exact) mass is 434 g/mol. The van der Waals surface area contributed by atoms with Crippen molar-refractivity contribution in [3.63, 3.8) is 0 Å². The third-order valence-electron chi connectivity index (χ3n) is 5.03. The SMILES string of the molecule is COc1cc(O)cc(OC2OC(COC3OCC(O)(CO)C3O)C(O)C(O)C2O)c1. The predicted octanol–water partition coefficient (Wildman–Crippen LogP) is -2.96. The van der Waals surface area contributed by atoms with Gasteiger partial charge >= 0.3 is 0 Å². The molecule has 2 aliphatic heterocycles. The van der Waals surface area contributed by atoms with Crippen LogP contribution in [0.2, 0.25) is 0 Å². The molecule has 7 N–H and O–H groups in total. The highest BCUT2D eigenvalue weighted by Crippen LogP contribution is 2.31. The Balaban J connectivity index is 1.65. The molecule has 0 bridgehead atoms. The number of rotatable bonds is 7. The molecule has 0 amide bonds. The average Bonchev–Trinajstić information content (AvgIpc) is 3.01. The van der Waals surface area contributed by atoms with Crippen molar-refractivity contribution in [2.24, 2.45) is 0 Å². The Labute approximate surface area is 171 Å². The van der Waals surface area contributed by atoms with Gasteiger partial charge in [0, 0.05) is 18.2 Å². The van der Waals surface area contributed by atoms with E-state index in [4.69, 9.17) is 28.8 Å². The van der Waals surface area contributed by atoms with Crippen LogP contribution in [-0.2, 0) is 14.2 Å². The van der Waals surface area contributed by atoms with Gasteiger partial charge in [-0.2, -0.15) is 0 Å². The lowest BCUT2D eigenvalue weighted by molar-refractivity contribution is -0.289. The van der Waals surface area contributed by atoms with E-state index in [1.165, 1.54) is 25.3 Å². The molecule has 1 aromatic rings. The molecule has 1 aromatic carbocycles. The van der Waals surface area contributed by atoms with Gasteiger partial charge in [0.15, 0.2) is 6.29 Å². The number of aliphatic hydroxyl groups is 6. The van der Waals surface area contributed by atoms with Gasteiger partial charge < -0.3 is 59.4 Å². The first-order valence-electron chi connectivity index (χ1n) is 9.17. The topological polar surface area (TPSA) is 188 Å². The van der Waals surface area contributed by atoms with Crippen LogP contribution in [0.1, 0.15) is 0 Å². The highest BCUT2D eigenvalue weighted by molar-refractivity contribution is 5.41.